The van der Waals surface area contributed by atoms with Crippen molar-refractivity contribution < 1.29 is 36.7 Å². The summed E-state index contributed by atoms with van der Waals surface area (Å²) in [6.07, 6.45) is -0.508. The third-order valence-corrected chi connectivity index (χ3v) is 6.86. The highest BCUT2D eigenvalue weighted by atomic mass is 19.1. The first-order valence-corrected chi connectivity index (χ1v) is 14.3. The topological polar surface area (TPSA) is 144 Å². The van der Waals surface area contributed by atoms with Crippen molar-refractivity contribution in [2.75, 3.05) is 14.2 Å². The monoisotopic (exact) mass is 656 g/mol. The van der Waals surface area contributed by atoms with Crippen molar-refractivity contribution in [3.63, 3.8) is 0 Å². The lowest BCUT2D eigenvalue weighted by Crippen LogP contribution is -2.42. The molecule has 48 heavy (non-hydrogen) atoms. The molecule has 0 saturated carbocycles. The van der Waals surface area contributed by atoms with E-state index in [0.717, 1.165) is 23.8 Å². The molecule has 3 aromatic carbocycles. The summed E-state index contributed by atoms with van der Waals surface area (Å²) in [7, 11) is 3.02. The molecular weight excluding hydrogens is 629 g/mol. The van der Waals surface area contributed by atoms with Gasteiger partial charge in [0.25, 0.3) is 5.88 Å². The minimum Gasteiger partial charge on any atom is -0.497 e. The van der Waals surface area contributed by atoms with E-state index >= 15 is 8.78 Å². The van der Waals surface area contributed by atoms with Gasteiger partial charge in [-0.05, 0) is 53.2 Å². The van der Waals surface area contributed by atoms with Gasteiger partial charge in [-0.15, -0.1) is 0 Å². The van der Waals surface area contributed by atoms with Crippen molar-refractivity contribution in [3.8, 4) is 34.8 Å². The maximum Gasteiger partial charge on any atom is 0.255 e. The number of halogens is 3. The number of amidine groups is 1. The Bertz CT molecular complexity index is 1990. The van der Waals surface area contributed by atoms with Gasteiger partial charge in [-0.2, -0.15) is 5.26 Å². The molecule has 0 saturated heterocycles. The first-order valence-electron chi connectivity index (χ1n) is 14.3. The predicted octanol–water partition coefficient (Wildman–Crippen LogP) is 5.43. The summed E-state index contributed by atoms with van der Waals surface area (Å²) in [6, 6.07) is 20.8. The van der Waals surface area contributed by atoms with E-state index in [-0.39, 0.29) is 64.5 Å². The van der Waals surface area contributed by atoms with Crippen molar-refractivity contribution in [3.05, 3.63) is 124 Å². The SMILES string of the molecule is CN=C(NNC(=O)Cc1cc(F)c(-c2cccc(OCc3ccc(C#N)cc3F)n2)cc1F)c1cc(OCc2ccc(OC)cc2)no1. The molecule has 2 heterocycles. The Balaban J connectivity index is 1.16. The van der Waals surface area contributed by atoms with Crippen LogP contribution in [0.4, 0.5) is 13.2 Å². The summed E-state index contributed by atoms with van der Waals surface area (Å²) in [4.78, 5) is 20.8. The summed E-state index contributed by atoms with van der Waals surface area (Å²) in [5, 5.41) is 12.7. The lowest BCUT2D eigenvalue weighted by atomic mass is 10.0. The highest BCUT2D eigenvalue weighted by molar-refractivity contribution is 5.97. The molecule has 0 fully saturated rings. The van der Waals surface area contributed by atoms with Gasteiger partial charge in [0.05, 0.1) is 36.9 Å². The number of ether oxygens (including phenoxy) is 3. The second-order valence-electron chi connectivity index (χ2n) is 10.1. The Morgan fingerprint density at radius 1 is 0.896 bits per heavy atom. The lowest BCUT2D eigenvalue weighted by Gasteiger charge is -2.11. The van der Waals surface area contributed by atoms with Crippen LogP contribution in [0.25, 0.3) is 11.3 Å². The van der Waals surface area contributed by atoms with Gasteiger partial charge in [-0.3, -0.25) is 20.6 Å². The average molecular weight is 657 g/mol. The number of aliphatic imine (C=N–C) groups is 1. The second kappa shape index (κ2) is 15.3. The quantitative estimate of drug-likeness (QED) is 0.108. The first-order chi connectivity index (χ1) is 23.3. The van der Waals surface area contributed by atoms with Crippen molar-refractivity contribution in [1.82, 2.24) is 21.0 Å². The van der Waals surface area contributed by atoms with Crippen molar-refractivity contribution >= 4 is 11.7 Å². The van der Waals surface area contributed by atoms with E-state index in [2.05, 4.69) is 26.0 Å². The van der Waals surface area contributed by atoms with Crippen molar-refractivity contribution in [2.45, 2.75) is 19.6 Å². The normalized spacial score (nSPS) is 11.0. The predicted molar refractivity (Wildman–Crippen MR) is 166 cm³/mol. The molecule has 0 bridgehead atoms. The molecular formula is C34H27F3N6O5. The zero-order valence-electron chi connectivity index (χ0n) is 25.6. The number of nitriles is 1. The molecule has 2 aromatic heterocycles. The van der Waals surface area contributed by atoms with Crippen LogP contribution in [0.1, 0.15) is 28.0 Å². The molecule has 0 spiro atoms. The molecule has 0 atom stereocenters. The number of amides is 1. The largest absolute Gasteiger partial charge is 0.497 e. The lowest BCUT2D eigenvalue weighted by molar-refractivity contribution is -0.121. The van der Waals surface area contributed by atoms with Crippen LogP contribution in [-0.2, 0) is 24.4 Å². The minimum absolute atomic E-state index is 0.0432. The molecule has 0 aliphatic heterocycles. The number of methoxy groups -OCH3 is 1. The summed E-state index contributed by atoms with van der Waals surface area (Å²) < 4.78 is 66.0. The number of hydrazine groups is 1. The molecule has 14 heteroatoms. The van der Waals surface area contributed by atoms with Crippen LogP contribution >= 0.6 is 0 Å². The minimum atomic E-state index is -0.840. The Hall–Kier alpha value is -6.36. The number of rotatable bonds is 11. The zero-order chi connectivity index (χ0) is 34.0. The maximum atomic E-state index is 15.1. The Kier molecular flexibility index (Phi) is 10.5. The van der Waals surface area contributed by atoms with Crippen LogP contribution in [0, 0.1) is 28.8 Å². The summed E-state index contributed by atoms with van der Waals surface area (Å²) in [6.45, 7) is 0.0172. The van der Waals surface area contributed by atoms with Gasteiger partial charge in [-0.25, -0.2) is 18.2 Å². The zero-order valence-corrected chi connectivity index (χ0v) is 25.6. The van der Waals surface area contributed by atoms with E-state index < -0.39 is 29.8 Å². The van der Waals surface area contributed by atoms with Gasteiger partial charge in [0.2, 0.25) is 17.5 Å². The molecule has 2 N–H and O–H groups in total. The van der Waals surface area contributed by atoms with Gasteiger partial charge < -0.3 is 18.7 Å². The molecule has 244 valence electrons. The summed E-state index contributed by atoms with van der Waals surface area (Å²) in [5.41, 5.74) is 5.88. The van der Waals surface area contributed by atoms with Crippen molar-refractivity contribution in [2.24, 2.45) is 4.99 Å². The van der Waals surface area contributed by atoms with Crippen LogP contribution in [-0.4, -0.2) is 36.0 Å². The standard InChI is InChI=1S/C34H27F3N6O5/c1-39-34(30-16-33(43-48-30)46-18-20-7-10-24(45-2)11-8-20)42-41-31(44)14-23-13-28(37)25(15-27(23)36)29-4-3-5-32(40-29)47-19-22-9-6-21(17-38)12-26(22)35/h3-13,15-16H,14,18-19H2,1-2H3,(H,39,42)(H,41,44). The van der Waals surface area contributed by atoms with Gasteiger partial charge in [-0.1, -0.05) is 24.3 Å². The molecule has 0 radical (unpaired) electrons. The number of carbonyl (C=O) groups excluding carboxylic acids is 1. The summed E-state index contributed by atoms with van der Waals surface area (Å²) in [5.74, 6) is -1.78. The number of hydrogen-bond acceptors (Lipinski definition) is 9. The fraction of sp³-hybridized carbons (Fsp3) is 0.147. The third-order valence-electron chi connectivity index (χ3n) is 6.86. The highest BCUT2D eigenvalue weighted by Gasteiger charge is 2.18. The molecule has 0 unspecified atom stereocenters. The highest BCUT2D eigenvalue weighted by Crippen LogP contribution is 2.27. The van der Waals surface area contributed by atoms with Gasteiger partial charge >= 0.3 is 0 Å². The number of aromatic nitrogens is 2. The van der Waals surface area contributed by atoms with Gasteiger partial charge in [0.15, 0.2) is 5.84 Å². The smallest absolute Gasteiger partial charge is 0.255 e. The molecule has 11 nitrogen and oxygen atoms in total. The molecule has 5 rings (SSSR count). The van der Waals surface area contributed by atoms with Crippen molar-refractivity contribution in [1.29, 1.82) is 5.26 Å². The number of nitrogens with one attached hydrogen (secondary N) is 2. The third kappa shape index (κ3) is 8.26. The van der Waals surface area contributed by atoms with Gasteiger partial charge in [0.1, 0.15) is 36.4 Å². The number of carbonyl (C=O) groups is 1. The molecule has 0 aliphatic rings. The molecule has 0 aliphatic carbocycles. The fourth-order valence-electron chi connectivity index (χ4n) is 4.34. The van der Waals surface area contributed by atoms with Crippen LogP contribution < -0.4 is 25.1 Å². The van der Waals surface area contributed by atoms with Gasteiger partial charge in [0, 0.05) is 29.8 Å². The maximum absolute atomic E-state index is 15.1. The van der Waals surface area contributed by atoms with E-state index in [0.29, 0.717) is 5.75 Å². The number of hydrogen-bond donors (Lipinski definition) is 2. The second-order valence-corrected chi connectivity index (χ2v) is 10.1. The molecule has 1 amide bonds. The van der Waals surface area contributed by atoms with E-state index in [1.165, 1.54) is 43.4 Å². The van der Waals surface area contributed by atoms with E-state index in [9.17, 15) is 9.18 Å². The van der Waals surface area contributed by atoms with Crippen LogP contribution in [0.2, 0.25) is 0 Å². The Morgan fingerprint density at radius 2 is 1.67 bits per heavy atom. The fourth-order valence-corrected chi connectivity index (χ4v) is 4.34. The van der Waals surface area contributed by atoms with Crippen LogP contribution in [0.5, 0.6) is 17.5 Å². The number of benzene rings is 3. The van der Waals surface area contributed by atoms with E-state index in [4.69, 9.17) is 24.0 Å². The first kappa shape index (κ1) is 33.0. The van der Waals surface area contributed by atoms with Crippen LogP contribution in [0.3, 0.4) is 0 Å². The summed E-state index contributed by atoms with van der Waals surface area (Å²) >= 11 is 0. The Morgan fingerprint density at radius 3 is 2.40 bits per heavy atom. The number of nitrogens with zero attached hydrogens (tertiary/aromatic N) is 4. The van der Waals surface area contributed by atoms with Crippen LogP contribution in [0.15, 0.2) is 88.4 Å². The average Bonchev–Trinajstić information content (AvgIpc) is 3.57. The molecule has 5 aromatic rings. The van der Waals surface area contributed by atoms with E-state index in [1.807, 2.05) is 18.2 Å². The number of pyridine rings is 1. The van der Waals surface area contributed by atoms with E-state index in [1.54, 1.807) is 19.2 Å². The Labute approximate surface area is 272 Å².